The first-order chi connectivity index (χ1) is 7.00. The minimum Gasteiger partial charge on any atom is -0.348 e. The number of likely N-dealkylation sites (N-methyl/N-ethyl adjacent to an activating group) is 1. The van der Waals surface area contributed by atoms with Gasteiger partial charge in [-0.2, -0.15) is 0 Å². The van der Waals surface area contributed by atoms with Crippen LogP contribution in [-0.4, -0.2) is 39.5 Å². The molecule has 0 spiro atoms. The number of aromatic amines is 1. The summed E-state index contributed by atoms with van der Waals surface area (Å²) in [4.78, 5) is 20.6. The zero-order valence-corrected chi connectivity index (χ0v) is 9.24. The number of amides is 1. The van der Waals surface area contributed by atoms with Crippen LogP contribution in [0.5, 0.6) is 0 Å². The molecule has 1 fully saturated rings. The van der Waals surface area contributed by atoms with Gasteiger partial charge in [0.15, 0.2) is 0 Å². The van der Waals surface area contributed by atoms with Crippen molar-refractivity contribution in [2.45, 2.75) is 32.0 Å². The summed E-state index contributed by atoms with van der Waals surface area (Å²) in [5.41, 5.74) is 0.717. The number of aromatic nitrogens is 2. The highest BCUT2D eigenvalue weighted by Gasteiger charge is 2.41. The van der Waals surface area contributed by atoms with Gasteiger partial charge in [0.1, 0.15) is 0 Å². The Labute approximate surface area is 88.9 Å². The molecule has 0 unspecified atom stereocenters. The number of carbonyl (C=O) groups excluding carboxylic acids is 1. The average molecular weight is 208 g/mol. The number of hydrogen-bond acceptors (Lipinski definition) is 3. The van der Waals surface area contributed by atoms with Crippen molar-refractivity contribution in [1.29, 1.82) is 0 Å². The predicted octanol–water partition coefficient (Wildman–Crippen LogP) is 0.118. The van der Waals surface area contributed by atoms with E-state index in [0.717, 1.165) is 5.69 Å². The van der Waals surface area contributed by atoms with Crippen LogP contribution in [0.15, 0.2) is 12.5 Å². The lowest BCUT2D eigenvalue weighted by Crippen LogP contribution is -2.45. The van der Waals surface area contributed by atoms with Crippen molar-refractivity contribution in [3.05, 3.63) is 18.2 Å². The maximum Gasteiger partial charge on any atom is 0.241 e. The van der Waals surface area contributed by atoms with Gasteiger partial charge in [-0.3, -0.25) is 10.1 Å². The van der Waals surface area contributed by atoms with E-state index in [2.05, 4.69) is 15.3 Å². The Bertz CT molecular complexity index is 358. The molecule has 1 aliphatic heterocycles. The van der Waals surface area contributed by atoms with E-state index >= 15 is 0 Å². The fourth-order valence-electron chi connectivity index (χ4n) is 1.85. The van der Waals surface area contributed by atoms with E-state index in [0.29, 0.717) is 6.42 Å². The number of H-pyrrole nitrogens is 1. The monoisotopic (exact) mass is 208 g/mol. The zero-order chi connectivity index (χ0) is 11.1. The summed E-state index contributed by atoms with van der Waals surface area (Å²) in [5, 5.41) is 3.30. The molecule has 0 radical (unpaired) electrons. The van der Waals surface area contributed by atoms with Gasteiger partial charge < -0.3 is 9.88 Å². The van der Waals surface area contributed by atoms with Crippen molar-refractivity contribution < 1.29 is 4.79 Å². The summed E-state index contributed by atoms with van der Waals surface area (Å²) in [6.07, 6.45) is 4.04. The van der Waals surface area contributed by atoms with Crippen LogP contribution in [0.2, 0.25) is 0 Å². The number of rotatable bonds is 2. The fourth-order valence-corrected chi connectivity index (χ4v) is 1.85. The van der Waals surface area contributed by atoms with Crippen molar-refractivity contribution >= 4 is 5.91 Å². The van der Waals surface area contributed by atoms with Crippen molar-refractivity contribution in [3.63, 3.8) is 0 Å². The lowest BCUT2D eigenvalue weighted by Gasteiger charge is -2.27. The molecule has 0 bridgehead atoms. The second-order valence-corrected chi connectivity index (χ2v) is 4.43. The molecule has 1 aromatic rings. The van der Waals surface area contributed by atoms with E-state index in [1.165, 1.54) is 0 Å². The van der Waals surface area contributed by atoms with Crippen LogP contribution in [0.4, 0.5) is 0 Å². The van der Waals surface area contributed by atoms with Gasteiger partial charge in [0, 0.05) is 25.4 Å². The molecule has 0 aromatic carbocycles. The van der Waals surface area contributed by atoms with Gasteiger partial charge in [-0.05, 0) is 13.8 Å². The molecule has 0 saturated carbocycles. The highest BCUT2D eigenvalue weighted by Crippen LogP contribution is 2.20. The van der Waals surface area contributed by atoms with Crippen LogP contribution in [0, 0.1) is 0 Å². The maximum atomic E-state index is 11.9. The first kappa shape index (κ1) is 10.2. The van der Waals surface area contributed by atoms with Crippen LogP contribution in [0.3, 0.4) is 0 Å². The van der Waals surface area contributed by atoms with Crippen molar-refractivity contribution in [2.24, 2.45) is 0 Å². The van der Waals surface area contributed by atoms with Crippen LogP contribution in [0.25, 0.3) is 0 Å². The molecule has 1 amide bonds. The van der Waals surface area contributed by atoms with Gasteiger partial charge in [-0.25, -0.2) is 4.98 Å². The standard InChI is InChI=1S/C10H16N4O/c1-10(2)13-8(9(15)14(10)3)4-7-5-11-6-12-7/h5-6,8,13H,4H2,1-3H3,(H,11,12)/t8-/m1/s1. The summed E-state index contributed by atoms with van der Waals surface area (Å²) in [7, 11) is 1.82. The van der Waals surface area contributed by atoms with E-state index in [-0.39, 0.29) is 17.6 Å². The van der Waals surface area contributed by atoms with Gasteiger partial charge in [-0.15, -0.1) is 0 Å². The lowest BCUT2D eigenvalue weighted by atomic mass is 10.1. The first-order valence-corrected chi connectivity index (χ1v) is 5.03. The molecule has 5 nitrogen and oxygen atoms in total. The molecule has 2 rings (SSSR count). The number of nitrogens with zero attached hydrogens (tertiary/aromatic N) is 2. The summed E-state index contributed by atoms with van der Waals surface area (Å²) >= 11 is 0. The first-order valence-electron chi connectivity index (χ1n) is 5.03. The van der Waals surface area contributed by atoms with Crippen molar-refractivity contribution in [1.82, 2.24) is 20.2 Å². The Kier molecular flexibility index (Phi) is 2.26. The second kappa shape index (κ2) is 3.34. The quantitative estimate of drug-likeness (QED) is 0.725. The van der Waals surface area contributed by atoms with Gasteiger partial charge in [0.05, 0.1) is 18.0 Å². The van der Waals surface area contributed by atoms with Gasteiger partial charge in [-0.1, -0.05) is 0 Å². The van der Waals surface area contributed by atoms with Gasteiger partial charge >= 0.3 is 0 Å². The third-order valence-corrected chi connectivity index (χ3v) is 2.97. The van der Waals surface area contributed by atoms with E-state index < -0.39 is 0 Å². The number of nitrogens with one attached hydrogen (secondary N) is 2. The molecule has 15 heavy (non-hydrogen) atoms. The Hall–Kier alpha value is -1.36. The molecule has 1 aliphatic rings. The Balaban J connectivity index is 2.10. The Morgan fingerprint density at radius 1 is 1.60 bits per heavy atom. The highest BCUT2D eigenvalue weighted by atomic mass is 16.2. The summed E-state index contributed by atoms with van der Waals surface area (Å²) in [6, 6.07) is -0.148. The van der Waals surface area contributed by atoms with Gasteiger partial charge in [0.2, 0.25) is 5.91 Å². The van der Waals surface area contributed by atoms with E-state index in [9.17, 15) is 4.79 Å². The molecule has 1 aromatic heterocycles. The Morgan fingerprint density at radius 3 is 2.80 bits per heavy atom. The minimum atomic E-state index is -0.262. The Morgan fingerprint density at radius 2 is 2.33 bits per heavy atom. The predicted molar refractivity (Wildman–Crippen MR) is 56.1 cm³/mol. The molecular weight excluding hydrogens is 192 g/mol. The molecule has 1 atom stereocenters. The maximum absolute atomic E-state index is 11.9. The lowest BCUT2D eigenvalue weighted by molar-refractivity contribution is -0.129. The van der Waals surface area contributed by atoms with E-state index in [1.54, 1.807) is 17.4 Å². The number of imidazole rings is 1. The molecule has 5 heteroatoms. The van der Waals surface area contributed by atoms with Gasteiger partial charge in [0.25, 0.3) is 0 Å². The third-order valence-electron chi connectivity index (χ3n) is 2.97. The topological polar surface area (TPSA) is 61.0 Å². The van der Waals surface area contributed by atoms with Crippen molar-refractivity contribution in [2.75, 3.05) is 7.05 Å². The highest BCUT2D eigenvalue weighted by molar-refractivity contribution is 5.85. The molecule has 2 N–H and O–H groups in total. The summed E-state index contributed by atoms with van der Waals surface area (Å²) in [5.74, 6) is 0.134. The zero-order valence-electron chi connectivity index (χ0n) is 9.24. The van der Waals surface area contributed by atoms with E-state index in [1.807, 2.05) is 20.9 Å². The van der Waals surface area contributed by atoms with E-state index in [4.69, 9.17) is 0 Å². The largest absolute Gasteiger partial charge is 0.348 e. The molecule has 82 valence electrons. The number of carbonyl (C=O) groups is 1. The second-order valence-electron chi connectivity index (χ2n) is 4.43. The average Bonchev–Trinajstić information content (AvgIpc) is 2.72. The van der Waals surface area contributed by atoms with Crippen LogP contribution in [-0.2, 0) is 11.2 Å². The summed E-state index contributed by atoms with van der Waals surface area (Å²) in [6.45, 7) is 4.00. The van der Waals surface area contributed by atoms with Crippen LogP contribution < -0.4 is 5.32 Å². The SMILES string of the molecule is CN1C(=O)[C@@H](Cc2cnc[nH]2)NC1(C)C. The fraction of sp³-hybridized carbons (Fsp3) is 0.600. The molecule has 1 saturated heterocycles. The molecular formula is C10H16N4O. The third kappa shape index (κ3) is 1.74. The van der Waals surface area contributed by atoms with Crippen LogP contribution in [0.1, 0.15) is 19.5 Å². The van der Waals surface area contributed by atoms with Crippen molar-refractivity contribution in [3.8, 4) is 0 Å². The summed E-state index contributed by atoms with van der Waals surface area (Å²) < 4.78 is 0. The minimum absolute atomic E-state index is 0.134. The normalized spacial score (nSPS) is 24.9. The number of hydrogen-bond donors (Lipinski definition) is 2. The molecule has 2 heterocycles. The molecule has 0 aliphatic carbocycles. The van der Waals surface area contributed by atoms with Crippen LogP contribution >= 0.6 is 0 Å². The smallest absolute Gasteiger partial charge is 0.241 e.